The van der Waals surface area contributed by atoms with Crippen LogP contribution in [0.5, 0.6) is 0 Å². The Morgan fingerprint density at radius 1 is 1.19 bits per heavy atom. The van der Waals surface area contributed by atoms with E-state index in [9.17, 15) is 14.4 Å². The molecule has 2 amide bonds. The Hall–Kier alpha value is -2.89. The van der Waals surface area contributed by atoms with Crippen LogP contribution in [-0.4, -0.2) is 34.0 Å². The fourth-order valence-electron chi connectivity index (χ4n) is 3.45. The molecule has 136 valence electrons. The van der Waals surface area contributed by atoms with Crippen LogP contribution in [0.1, 0.15) is 56.9 Å². The van der Waals surface area contributed by atoms with Crippen molar-refractivity contribution in [3.8, 4) is 0 Å². The lowest BCUT2D eigenvalue weighted by atomic mass is 9.93. The third-order valence-electron chi connectivity index (χ3n) is 4.78. The van der Waals surface area contributed by atoms with E-state index in [-0.39, 0.29) is 24.7 Å². The second-order valence-electron chi connectivity index (χ2n) is 6.68. The quantitative estimate of drug-likeness (QED) is 0.834. The van der Waals surface area contributed by atoms with Crippen molar-refractivity contribution >= 4 is 17.6 Å². The highest BCUT2D eigenvalue weighted by Gasteiger charge is 2.28. The van der Waals surface area contributed by atoms with E-state index in [1.807, 2.05) is 30.3 Å². The molecule has 1 aliphatic carbocycles. The normalized spacial score (nSPS) is 13.3. The van der Waals surface area contributed by atoms with Crippen LogP contribution in [0, 0.1) is 6.92 Å². The average Bonchev–Trinajstić information content (AvgIpc) is 2.97. The number of carbonyl (C=O) groups excluding carboxylic acids is 3. The molecule has 0 atom stereocenters. The highest BCUT2D eigenvalue weighted by Crippen LogP contribution is 2.27. The predicted molar refractivity (Wildman–Crippen MR) is 97.8 cm³/mol. The lowest BCUT2D eigenvalue weighted by molar-refractivity contribution is -0.118. The molecule has 3 rings (SSSR count). The van der Waals surface area contributed by atoms with Gasteiger partial charge >= 0.3 is 0 Å². The van der Waals surface area contributed by atoms with Gasteiger partial charge in [-0.05, 0) is 30.9 Å². The van der Waals surface area contributed by atoms with Crippen molar-refractivity contribution in [2.24, 2.45) is 5.73 Å². The molecule has 1 heterocycles. The van der Waals surface area contributed by atoms with Crippen molar-refractivity contribution in [3.05, 3.63) is 58.4 Å². The highest BCUT2D eigenvalue weighted by atomic mass is 16.2. The number of hydrogen-bond acceptors (Lipinski definition) is 3. The number of aromatic nitrogens is 1. The number of nitrogens with one attached hydrogen (secondary N) is 1. The van der Waals surface area contributed by atoms with Crippen LogP contribution in [0.15, 0.2) is 30.3 Å². The van der Waals surface area contributed by atoms with Crippen molar-refractivity contribution < 1.29 is 14.4 Å². The van der Waals surface area contributed by atoms with E-state index in [0.29, 0.717) is 29.8 Å². The Kier molecular flexibility index (Phi) is 5.21. The van der Waals surface area contributed by atoms with Gasteiger partial charge in [0, 0.05) is 37.2 Å². The van der Waals surface area contributed by atoms with E-state index >= 15 is 0 Å². The fraction of sp³-hybridized carbons (Fsp3) is 0.350. The number of Topliss-reactive ketones (excluding diaryl/α,β-unsaturated/α-hetero) is 1. The van der Waals surface area contributed by atoms with Gasteiger partial charge in [0.1, 0.15) is 5.69 Å². The third-order valence-corrected chi connectivity index (χ3v) is 4.78. The molecule has 0 saturated heterocycles. The van der Waals surface area contributed by atoms with Gasteiger partial charge in [0.05, 0.1) is 0 Å². The number of carbonyl (C=O) groups is 3. The Morgan fingerprint density at radius 3 is 2.58 bits per heavy atom. The second kappa shape index (κ2) is 7.56. The van der Waals surface area contributed by atoms with Gasteiger partial charge in [-0.25, -0.2) is 0 Å². The minimum absolute atomic E-state index is 0.0887. The number of rotatable bonds is 6. The van der Waals surface area contributed by atoms with Gasteiger partial charge in [0.15, 0.2) is 5.78 Å². The number of aryl methyl sites for hydroxylation is 1. The number of nitrogens with zero attached hydrogens (tertiary/aromatic N) is 1. The Bertz CT molecular complexity index is 839. The first kappa shape index (κ1) is 17.9. The molecular formula is C20H23N3O3. The molecule has 2 aromatic rings. The van der Waals surface area contributed by atoms with E-state index in [4.69, 9.17) is 5.73 Å². The third kappa shape index (κ3) is 3.69. The van der Waals surface area contributed by atoms with Crippen LogP contribution in [-0.2, 0) is 17.8 Å². The van der Waals surface area contributed by atoms with E-state index < -0.39 is 5.91 Å². The van der Waals surface area contributed by atoms with Crippen LogP contribution in [0.4, 0.5) is 0 Å². The van der Waals surface area contributed by atoms with Crippen LogP contribution in [0.25, 0.3) is 0 Å². The molecule has 0 aliphatic heterocycles. The monoisotopic (exact) mass is 353 g/mol. The number of hydrogen-bond donors (Lipinski definition) is 2. The van der Waals surface area contributed by atoms with Gasteiger partial charge < -0.3 is 15.6 Å². The van der Waals surface area contributed by atoms with Crippen molar-refractivity contribution in [2.45, 2.75) is 39.2 Å². The van der Waals surface area contributed by atoms with Crippen molar-refractivity contribution in [2.75, 3.05) is 6.54 Å². The first-order valence-electron chi connectivity index (χ1n) is 8.83. The first-order valence-corrected chi connectivity index (χ1v) is 8.83. The van der Waals surface area contributed by atoms with Gasteiger partial charge in [-0.1, -0.05) is 30.3 Å². The average molecular weight is 353 g/mol. The minimum Gasteiger partial charge on any atom is -0.370 e. The molecule has 6 nitrogen and oxygen atoms in total. The summed E-state index contributed by atoms with van der Waals surface area (Å²) in [5.41, 5.74) is 8.88. The molecule has 0 fully saturated rings. The summed E-state index contributed by atoms with van der Waals surface area (Å²) in [6.45, 7) is 2.42. The molecule has 0 spiro atoms. The van der Waals surface area contributed by atoms with E-state index in [2.05, 4.69) is 4.98 Å². The molecule has 0 bridgehead atoms. The Morgan fingerprint density at radius 2 is 1.92 bits per heavy atom. The zero-order valence-corrected chi connectivity index (χ0v) is 14.9. The molecule has 3 N–H and O–H groups in total. The number of primary amides is 1. The molecule has 1 aliphatic rings. The second-order valence-corrected chi connectivity index (χ2v) is 6.68. The summed E-state index contributed by atoms with van der Waals surface area (Å²) in [5, 5.41) is 0. The number of fused-ring (bicyclic) bond motifs is 1. The number of nitrogens with two attached hydrogens (primary N) is 1. The number of benzene rings is 1. The first-order chi connectivity index (χ1) is 12.5. The lowest BCUT2D eigenvalue weighted by Gasteiger charge is -2.22. The summed E-state index contributed by atoms with van der Waals surface area (Å²) in [4.78, 5) is 41.3. The van der Waals surface area contributed by atoms with Gasteiger partial charge in [0.2, 0.25) is 5.91 Å². The maximum Gasteiger partial charge on any atom is 0.270 e. The van der Waals surface area contributed by atoms with Crippen LogP contribution in [0.2, 0.25) is 0 Å². The highest BCUT2D eigenvalue weighted by molar-refractivity contribution is 6.04. The van der Waals surface area contributed by atoms with Gasteiger partial charge in [-0.15, -0.1) is 0 Å². The lowest BCUT2D eigenvalue weighted by Crippen LogP contribution is -2.34. The molecular weight excluding hydrogens is 330 g/mol. The summed E-state index contributed by atoms with van der Waals surface area (Å²) in [6, 6.07) is 9.59. The number of aromatic amines is 1. The van der Waals surface area contributed by atoms with Crippen molar-refractivity contribution in [3.63, 3.8) is 0 Å². The summed E-state index contributed by atoms with van der Waals surface area (Å²) in [7, 11) is 0. The van der Waals surface area contributed by atoms with E-state index in [0.717, 1.165) is 24.1 Å². The number of amides is 2. The molecule has 0 unspecified atom stereocenters. The van der Waals surface area contributed by atoms with E-state index in [1.54, 1.807) is 11.8 Å². The largest absolute Gasteiger partial charge is 0.370 e. The molecule has 0 saturated carbocycles. The number of ketones is 1. The zero-order chi connectivity index (χ0) is 18.7. The molecule has 0 radical (unpaired) electrons. The van der Waals surface area contributed by atoms with Crippen LogP contribution >= 0.6 is 0 Å². The molecule has 1 aromatic heterocycles. The standard InChI is InChI=1S/C20H23N3O3/c1-13-18-15(8-5-9-16(18)24)22-19(13)20(26)23(11-10-17(21)25)12-14-6-3-2-4-7-14/h2-4,6-7,22H,5,8-12H2,1H3,(H2,21,25). The summed E-state index contributed by atoms with van der Waals surface area (Å²) in [5.74, 6) is -0.575. The number of H-pyrrole nitrogens is 1. The Balaban J connectivity index is 1.89. The smallest absolute Gasteiger partial charge is 0.270 e. The summed E-state index contributed by atoms with van der Waals surface area (Å²) >= 11 is 0. The molecule has 26 heavy (non-hydrogen) atoms. The molecule has 1 aromatic carbocycles. The minimum atomic E-state index is -0.450. The topological polar surface area (TPSA) is 96.3 Å². The van der Waals surface area contributed by atoms with Gasteiger partial charge in [-0.2, -0.15) is 0 Å². The predicted octanol–water partition coefficient (Wildman–Crippen LogP) is 2.36. The van der Waals surface area contributed by atoms with E-state index in [1.165, 1.54) is 0 Å². The maximum atomic E-state index is 13.1. The van der Waals surface area contributed by atoms with Gasteiger partial charge in [-0.3, -0.25) is 14.4 Å². The summed E-state index contributed by atoms with van der Waals surface area (Å²) in [6.07, 6.45) is 2.19. The van der Waals surface area contributed by atoms with Gasteiger partial charge in [0.25, 0.3) is 5.91 Å². The maximum absolute atomic E-state index is 13.1. The Labute approximate surface area is 152 Å². The summed E-state index contributed by atoms with van der Waals surface area (Å²) < 4.78 is 0. The van der Waals surface area contributed by atoms with Crippen molar-refractivity contribution in [1.82, 2.24) is 9.88 Å². The van der Waals surface area contributed by atoms with Crippen LogP contribution < -0.4 is 5.73 Å². The zero-order valence-electron chi connectivity index (χ0n) is 14.9. The molecule has 6 heteroatoms. The fourth-order valence-corrected chi connectivity index (χ4v) is 3.45. The van der Waals surface area contributed by atoms with Crippen molar-refractivity contribution in [1.29, 1.82) is 0 Å². The SMILES string of the molecule is Cc1c(C(=O)N(CCC(N)=O)Cc2ccccc2)[nH]c2c1C(=O)CCC2. The van der Waals surface area contributed by atoms with Crippen LogP contribution in [0.3, 0.4) is 0 Å².